The molecule has 4 radical (unpaired) electrons. The monoisotopic (exact) mass is 1270 g/mol. The number of carboxylic acid groups (broad SMARTS) is 4. The van der Waals surface area contributed by atoms with Gasteiger partial charge in [0.05, 0.1) is 11.8 Å². The van der Waals surface area contributed by atoms with Crippen LogP contribution in [0.4, 0.5) is 0 Å². The fraction of sp³-hybridized carbons (Fsp3) is 0.273. The van der Waals surface area contributed by atoms with E-state index in [2.05, 4.69) is 25.0 Å². The summed E-state index contributed by atoms with van der Waals surface area (Å²) in [4.78, 5) is 48.0. The third-order valence-electron chi connectivity index (χ3n) is 2.24. The molecule has 2 rings (SSSR count). The first-order valence-corrected chi connectivity index (χ1v) is 8.80. The second-order valence-corrected chi connectivity index (χ2v) is 5.48. The van der Waals surface area contributed by atoms with Crippen LogP contribution in [0, 0.1) is 25.0 Å². The second-order valence-electron chi connectivity index (χ2n) is 5.48. The van der Waals surface area contributed by atoms with Crippen molar-refractivity contribution in [2.75, 3.05) is 0 Å². The number of carboxylic acids is 4. The molecule has 1 atom stereocenters. The van der Waals surface area contributed by atoms with E-state index in [1.807, 2.05) is 30.3 Å². The first-order valence-electron chi connectivity index (χ1n) is 8.80. The van der Waals surface area contributed by atoms with Gasteiger partial charge in [0, 0.05) is 42.9 Å². The first-order chi connectivity index (χ1) is 15.1. The molecule has 1 aromatic rings. The average Bonchev–Trinajstić information content (AvgIpc) is 3.10. The molecule has 1 aliphatic heterocycles. The van der Waals surface area contributed by atoms with E-state index in [1.54, 1.807) is 4.90 Å². The van der Waals surface area contributed by atoms with Gasteiger partial charge in [-0.1, -0.05) is 6.07 Å². The van der Waals surface area contributed by atoms with Gasteiger partial charge in [0.1, 0.15) is 6.08 Å². The molecule has 0 aromatic heterocycles. The van der Waals surface area contributed by atoms with Crippen molar-refractivity contribution in [3.8, 4) is 12.0 Å². The Morgan fingerprint density at radius 2 is 1.11 bits per heavy atom. The van der Waals surface area contributed by atoms with Crippen molar-refractivity contribution < 1.29 is 160 Å². The molecule has 0 saturated carbocycles. The molecule has 37 heavy (non-hydrogen) atoms. The van der Waals surface area contributed by atoms with Crippen molar-refractivity contribution in [2.45, 2.75) is 40.8 Å². The number of nitrogens with zero attached hydrogens (tertiary/aromatic N) is 1. The standard InChI is InChI=1S/C14H11NO2.4C2H4O2.4Hg/c1-11(17-12(2)16)15-10-6-9-14(15)13-7-4-3-5-8-13;4*1-2(3)4;;;;/h3-5,7-8,11H,1H2,2H3;4*1H3,(H,3,4);;;;/q;;;;;4*+1/p-4. The summed E-state index contributed by atoms with van der Waals surface area (Å²) in [6.07, 6.45) is 2.27. The van der Waals surface area contributed by atoms with Gasteiger partial charge in [0.2, 0.25) is 5.70 Å². The number of hydrogen-bond donors (Lipinski definition) is 0. The predicted molar refractivity (Wildman–Crippen MR) is 106 cm³/mol. The number of esters is 1. The summed E-state index contributed by atoms with van der Waals surface area (Å²) < 4.78 is 5.00. The van der Waals surface area contributed by atoms with Crippen molar-refractivity contribution in [2.24, 2.45) is 0 Å². The molecule has 0 amide bonds. The number of benzene rings is 1. The summed E-state index contributed by atoms with van der Waals surface area (Å²) >= 11 is 0. The van der Waals surface area contributed by atoms with E-state index in [0.717, 1.165) is 39.0 Å². The van der Waals surface area contributed by atoms with Gasteiger partial charge in [0.15, 0.2) is 12.0 Å². The molecule has 0 N–H and O–H groups in total. The largest absolute Gasteiger partial charge is 1.00 e. The van der Waals surface area contributed by atoms with E-state index in [0.29, 0.717) is 0 Å². The average molecular weight is 1260 g/mol. The Morgan fingerprint density at radius 1 is 0.784 bits per heavy atom. The minimum atomic E-state index is -1.08. The minimum absolute atomic E-state index is 0. The van der Waals surface area contributed by atoms with Gasteiger partial charge in [-0.3, -0.25) is 11.7 Å². The van der Waals surface area contributed by atoms with Crippen molar-refractivity contribution in [3.05, 3.63) is 48.9 Å². The Morgan fingerprint density at radius 3 is 1.41 bits per heavy atom. The van der Waals surface area contributed by atoms with Crippen LogP contribution >= 0.6 is 0 Å². The van der Waals surface area contributed by atoms with Crippen molar-refractivity contribution in [1.29, 1.82) is 0 Å². The maximum atomic E-state index is 10.9. The van der Waals surface area contributed by atoms with Gasteiger partial charge in [-0.05, 0) is 39.8 Å². The van der Waals surface area contributed by atoms with Crippen molar-refractivity contribution in [3.63, 3.8) is 0 Å². The third kappa shape index (κ3) is 45.6. The number of ether oxygens (including phenoxy) is 1. The van der Waals surface area contributed by atoms with Gasteiger partial charge in [-0.2, -0.15) is 4.90 Å². The van der Waals surface area contributed by atoms with Crippen LogP contribution in [0.1, 0.15) is 40.2 Å². The zero-order chi connectivity index (χ0) is 26.6. The maximum Gasteiger partial charge on any atom is 1.00 e. The minimum Gasteiger partial charge on any atom is -0.550 e. The number of aliphatic carboxylic acids is 4. The Balaban J connectivity index is -0.0000000758. The van der Waals surface area contributed by atoms with Crippen LogP contribution in [0.25, 0.3) is 5.70 Å². The van der Waals surface area contributed by atoms with E-state index in [4.69, 9.17) is 44.3 Å². The van der Waals surface area contributed by atoms with Gasteiger partial charge in [-0.25, -0.2) is 0 Å². The molecule has 0 bridgehead atoms. The summed E-state index contributed by atoms with van der Waals surface area (Å²) in [6, 6.07) is 12.4. The molecule has 11 nitrogen and oxygen atoms in total. The number of carbonyl (C=O) groups is 5. The Kier molecular flexibility index (Phi) is 47.5. The summed E-state index contributed by atoms with van der Waals surface area (Å²) in [6.45, 7) is 8.99. The SMILES string of the molecule is CC(=O)[O-].CC(=O)[O-].CC(=O)[O-].CC(=O)[O-].[CH2-]C(OC(C)=O)N1C#C[C+]=C1c1ccccc1.[Hg+].[Hg+].[Hg+].[Hg+]. The smallest absolute Gasteiger partial charge is 0.550 e. The topological polar surface area (TPSA) is 190 Å². The van der Waals surface area contributed by atoms with E-state index in [1.165, 1.54) is 6.92 Å². The van der Waals surface area contributed by atoms with E-state index in [-0.39, 0.29) is 117 Å². The normalized spacial score (nSPS) is 9.24. The molecule has 1 aromatic carbocycles. The molecule has 1 unspecified atom stereocenters. The Bertz CT molecular complexity index is 820. The van der Waals surface area contributed by atoms with Gasteiger partial charge >= 0.3 is 117 Å². The fourth-order valence-corrected chi connectivity index (χ4v) is 1.53. The number of hydrogen-bond acceptors (Lipinski definition) is 11. The van der Waals surface area contributed by atoms with Gasteiger partial charge in [-0.15, -0.1) is 0 Å². The molecule has 184 valence electrons. The number of rotatable bonds is 3. The van der Waals surface area contributed by atoms with Gasteiger partial charge in [0.25, 0.3) is 0 Å². The summed E-state index contributed by atoms with van der Waals surface area (Å²) in [5.41, 5.74) is 1.69. The quantitative estimate of drug-likeness (QED) is 0.129. The number of allylic oxidation sites excluding steroid dienone is 1. The molecule has 0 fully saturated rings. The van der Waals surface area contributed by atoms with Crippen LogP contribution in [0.15, 0.2) is 30.3 Å². The molecule has 0 aliphatic carbocycles. The maximum absolute atomic E-state index is 10.9. The number of carbonyl (C=O) groups excluding carboxylic acids is 5. The Hall–Kier alpha value is -0.680. The fourth-order valence-electron chi connectivity index (χ4n) is 1.53. The molecule has 1 heterocycles. The first kappa shape index (κ1) is 52.7. The van der Waals surface area contributed by atoms with Crippen LogP contribution in [0.3, 0.4) is 0 Å². The van der Waals surface area contributed by atoms with Crippen molar-refractivity contribution >= 4 is 35.5 Å². The predicted octanol–water partition coefficient (Wildman–Crippen LogP) is -3.15. The van der Waals surface area contributed by atoms with Crippen LogP contribution < -0.4 is 20.4 Å². The van der Waals surface area contributed by atoms with Crippen LogP contribution in [-0.2, 0) is 139 Å². The van der Waals surface area contributed by atoms with E-state index < -0.39 is 30.1 Å². The third-order valence-corrected chi connectivity index (χ3v) is 2.24. The molecular weight excluding hydrogens is 1240 g/mol. The molecular formula is C22H23Hg4NO10. The van der Waals surface area contributed by atoms with Crippen LogP contribution in [-0.4, -0.2) is 41.0 Å². The summed E-state index contributed by atoms with van der Waals surface area (Å²) in [7, 11) is 0. The molecule has 1 aliphatic rings. The summed E-state index contributed by atoms with van der Waals surface area (Å²) in [5.74, 6) is -1.98. The van der Waals surface area contributed by atoms with E-state index in [9.17, 15) is 4.79 Å². The van der Waals surface area contributed by atoms with Crippen LogP contribution in [0.2, 0.25) is 0 Å². The zero-order valence-electron chi connectivity index (χ0n) is 21.5. The molecule has 15 heteroatoms. The van der Waals surface area contributed by atoms with E-state index >= 15 is 0 Å². The summed E-state index contributed by atoms with van der Waals surface area (Å²) in [5, 5.41) is 35.6. The Labute approximate surface area is 298 Å². The van der Waals surface area contributed by atoms with Gasteiger partial charge < -0.3 is 44.3 Å². The van der Waals surface area contributed by atoms with Crippen LogP contribution in [0.5, 0.6) is 0 Å². The molecule has 0 spiro atoms. The zero-order valence-corrected chi connectivity index (χ0v) is 43.5. The van der Waals surface area contributed by atoms with Crippen molar-refractivity contribution in [1.82, 2.24) is 4.90 Å². The molecule has 0 saturated heterocycles. The second kappa shape index (κ2) is 33.3.